The van der Waals surface area contributed by atoms with E-state index in [4.69, 9.17) is 6.42 Å². The minimum atomic E-state index is -0.852. The van der Waals surface area contributed by atoms with E-state index in [1.165, 1.54) is 0 Å². The highest BCUT2D eigenvalue weighted by atomic mass is 16.4. The maximum Gasteiger partial charge on any atom is 0.311 e. The lowest BCUT2D eigenvalue weighted by molar-refractivity contribution is -0.139. The van der Waals surface area contributed by atoms with Gasteiger partial charge in [0.25, 0.3) is 0 Å². The number of terminal acetylenes is 1. The number of fused-ring (bicyclic) bond motifs is 1. The molecule has 1 heterocycles. The SMILES string of the molecule is C#CCNCC(=O)N1CCC(C(=O)O)c2ccccc21. The first-order valence-corrected chi connectivity index (χ1v) is 6.41. The standard InChI is InChI=1S/C15H16N2O3/c1-2-8-16-10-14(18)17-9-7-12(15(19)20)11-5-3-4-6-13(11)17/h1,3-6,12,16H,7-10H2,(H,19,20). The van der Waals surface area contributed by atoms with E-state index in [0.717, 1.165) is 0 Å². The number of para-hydroxylation sites is 1. The van der Waals surface area contributed by atoms with Crippen molar-refractivity contribution in [2.45, 2.75) is 12.3 Å². The highest BCUT2D eigenvalue weighted by Crippen LogP contribution is 2.35. The van der Waals surface area contributed by atoms with Crippen molar-refractivity contribution in [3.8, 4) is 12.3 Å². The fourth-order valence-electron chi connectivity index (χ4n) is 2.41. The number of carboxylic acid groups (broad SMARTS) is 1. The van der Waals surface area contributed by atoms with E-state index in [9.17, 15) is 14.7 Å². The summed E-state index contributed by atoms with van der Waals surface area (Å²) in [6.45, 7) is 0.889. The normalized spacial score (nSPS) is 17.1. The highest BCUT2D eigenvalue weighted by molar-refractivity contribution is 5.97. The lowest BCUT2D eigenvalue weighted by Gasteiger charge is -2.32. The van der Waals surface area contributed by atoms with Crippen LogP contribution in [-0.4, -0.2) is 36.6 Å². The number of aliphatic carboxylic acids is 1. The van der Waals surface area contributed by atoms with Crippen molar-refractivity contribution in [3.05, 3.63) is 29.8 Å². The van der Waals surface area contributed by atoms with Gasteiger partial charge in [-0.3, -0.25) is 14.9 Å². The zero-order valence-corrected chi connectivity index (χ0v) is 11.0. The van der Waals surface area contributed by atoms with Gasteiger partial charge in [-0.2, -0.15) is 0 Å². The molecule has 2 N–H and O–H groups in total. The van der Waals surface area contributed by atoms with Crippen LogP contribution >= 0.6 is 0 Å². The molecule has 5 nitrogen and oxygen atoms in total. The molecule has 1 aromatic carbocycles. The fraction of sp³-hybridized carbons (Fsp3) is 0.333. The number of hydrogen-bond donors (Lipinski definition) is 2. The number of benzene rings is 1. The van der Waals surface area contributed by atoms with Crippen molar-refractivity contribution < 1.29 is 14.7 Å². The van der Waals surface area contributed by atoms with E-state index >= 15 is 0 Å². The molecule has 1 aromatic rings. The smallest absolute Gasteiger partial charge is 0.311 e. The van der Waals surface area contributed by atoms with Crippen LogP contribution in [0.4, 0.5) is 5.69 Å². The van der Waals surface area contributed by atoms with Gasteiger partial charge in [-0.05, 0) is 18.1 Å². The van der Waals surface area contributed by atoms with E-state index in [1.54, 1.807) is 29.2 Å². The topological polar surface area (TPSA) is 69.6 Å². The molecule has 0 aliphatic carbocycles. The van der Waals surface area contributed by atoms with Crippen molar-refractivity contribution in [1.82, 2.24) is 5.32 Å². The minimum Gasteiger partial charge on any atom is -0.481 e. The maximum absolute atomic E-state index is 12.2. The summed E-state index contributed by atoms with van der Waals surface area (Å²) in [7, 11) is 0. The summed E-state index contributed by atoms with van der Waals surface area (Å²) in [6.07, 6.45) is 5.54. The third-order valence-electron chi connectivity index (χ3n) is 3.35. The Morgan fingerprint density at radius 1 is 1.45 bits per heavy atom. The first kappa shape index (κ1) is 14.1. The Morgan fingerprint density at radius 2 is 2.20 bits per heavy atom. The second-order valence-electron chi connectivity index (χ2n) is 4.59. The van der Waals surface area contributed by atoms with Crippen molar-refractivity contribution >= 4 is 17.6 Å². The molecule has 0 bridgehead atoms. The Kier molecular flexibility index (Phi) is 4.38. The number of anilines is 1. The molecule has 0 aromatic heterocycles. The summed E-state index contributed by atoms with van der Waals surface area (Å²) in [5.74, 6) is 0.908. The number of nitrogens with one attached hydrogen (secondary N) is 1. The fourth-order valence-corrected chi connectivity index (χ4v) is 2.41. The highest BCUT2D eigenvalue weighted by Gasteiger charge is 2.31. The van der Waals surface area contributed by atoms with E-state index in [0.29, 0.717) is 30.8 Å². The van der Waals surface area contributed by atoms with Crippen LogP contribution in [0.3, 0.4) is 0 Å². The average Bonchev–Trinajstić information content (AvgIpc) is 2.46. The predicted molar refractivity (Wildman–Crippen MR) is 75.5 cm³/mol. The second-order valence-corrected chi connectivity index (χ2v) is 4.59. The summed E-state index contributed by atoms with van der Waals surface area (Å²) >= 11 is 0. The quantitative estimate of drug-likeness (QED) is 0.629. The van der Waals surface area contributed by atoms with Crippen molar-refractivity contribution in [1.29, 1.82) is 0 Å². The van der Waals surface area contributed by atoms with Gasteiger partial charge >= 0.3 is 5.97 Å². The lowest BCUT2D eigenvalue weighted by atomic mass is 9.90. The van der Waals surface area contributed by atoms with Gasteiger partial charge in [-0.15, -0.1) is 6.42 Å². The third kappa shape index (κ3) is 2.81. The van der Waals surface area contributed by atoms with Gasteiger partial charge in [-0.1, -0.05) is 24.1 Å². The van der Waals surface area contributed by atoms with Crippen molar-refractivity contribution in [2.75, 3.05) is 24.5 Å². The maximum atomic E-state index is 12.2. The van der Waals surface area contributed by atoms with Crippen LogP contribution in [0.25, 0.3) is 0 Å². The van der Waals surface area contributed by atoms with Gasteiger partial charge in [0.2, 0.25) is 5.91 Å². The van der Waals surface area contributed by atoms with Crippen LogP contribution in [0.15, 0.2) is 24.3 Å². The van der Waals surface area contributed by atoms with Crippen molar-refractivity contribution in [2.24, 2.45) is 0 Å². The Hall–Kier alpha value is -2.32. The molecule has 1 atom stereocenters. The van der Waals surface area contributed by atoms with Crippen molar-refractivity contribution in [3.63, 3.8) is 0 Å². The second kappa shape index (κ2) is 6.22. The Balaban J connectivity index is 2.21. The first-order valence-electron chi connectivity index (χ1n) is 6.41. The summed E-state index contributed by atoms with van der Waals surface area (Å²) in [5, 5.41) is 12.1. The number of carbonyl (C=O) groups excluding carboxylic acids is 1. The molecule has 1 aliphatic rings. The molecule has 104 valence electrons. The zero-order chi connectivity index (χ0) is 14.5. The zero-order valence-electron chi connectivity index (χ0n) is 11.0. The van der Waals surface area contributed by atoms with Gasteiger partial charge in [0.05, 0.1) is 19.0 Å². The number of nitrogens with zero attached hydrogens (tertiary/aromatic N) is 1. The summed E-state index contributed by atoms with van der Waals surface area (Å²) < 4.78 is 0. The molecular formula is C15H16N2O3. The Bertz CT molecular complexity index is 562. The van der Waals surface area contributed by atoms with E-state index in [-0.39, 0.29) is 12.5 Å². The largest absolute Gasteiger partial charge is 0.481 e. The average molecular weight is 272 g/mol. The predicted octanol–water partition coefficient (Wildman–Crippen LogP) is 0.814. The molecule has 0 saturated heterocycles. The van der Waals surface area contributed by atoms with Crippen LogP contribution in [0.2, 0.25) is 0 Å². The van der Waals surface area contributed by atoms with Crippen LogP contribution in [0.1, 0.15) is 17.9 Å². The lowest BCUT2D eigenvalue weighted by Crippen LogP contribution is -2.42. The Labute approximate surface area is 117 Å². The van der Waals surface area contributed by atoms with Gasteiger partial charge in [0, 0.05) is 12.2 Å². The van der Waals surface area contributed by atoms with Gasteiger partial charge in [0.1, 0.15) is 0 Å². The Morgan fingerprint density at radius 3 is 2.90 bits per heavy atom. The summed E-state index contributed by atoms with van der Waals surface area (Å²) in [6, 6.07) is 7.14. The first-order chi connectivity index (χ1) is 9.65. The number of carboxylic acids is 1. The molecule has 1 unspecified atom stereocenters. The molecule has 0 radical (unpaired) electrons. The monoisotopic (exact) mass is 272 g/mol. The molecular weight excluding hydrogens is 256 g/mol. The molecule has 0 fully saturated rings. The van der Waals surface area contributed by atoms with Crippen LogP contribution < -0.4 is 10.2 Å². The molecule has 1 amide bonds. The number of hydrogen-bond acceptors (Lipinski definition) is 3. The van der Waals surface area contributed by atoms with Crippen LogP contribution in [0.5, 0.6) is 0 Å². The molecule has 2 rings (SSSR count). The van der Waals surface area contributed by atoms with E-state index in [1.807, 2.05) is 0 Å². The van der Waals surface area contributed by atoms with Crippen LogP contribution in [-0.2, 0) is 9.59 Å². The van der Waals surface area contributed by atoms with Crippen LogP contribution in [0, 0.1) is 12.3 Å². The molecule has 5 heteroatoms. The summed E-state index contributed by atoms with van der Waals surface area (Å²) in [4.78, 5) is 25.0. The minimum absolute atomic E-state index is 0.100. The molecule has 1 aliphatic heterocycles. The molecule has 0 spiro atoms. The number of amides is 1. The van der Waals surface area contributed by atoms with Gasteiger partial charge < -0.3 is 10.0 Å². The number of rotatable bonds is 4. The molecule has 20 heavy (non-hydrogen) atoms. The van der Waals surface area contributed by atoms with E-state index < -0.39 is 11.9 Å². The number of carbonyl (C=O) groups is 2. The third-order valence-corrected chi connectivity index (χ3v) is 3.35. The van der Waals surface area contributed by atoms with Gasteiger partial charge in [-0.25, -0.2) is 0 Å². The van der Waals surface area contributed by atoms with Gasteiger partial charge in [0.15, 0.2) is 0 Å². The van der Waals surface area contributed by atoms with E-state index in [2.05, 4.69) is 11.2 Å². The molecule has 0 saturated carbocycles. The summed E-state index contributed by atoms with van der Waals surface area (Å²) in [5.41, 5.74) is 1.37.